The van der Waals surface area contributed by atoms with Crippen LogP contribution >= 0.6 is 12.4 Å². The van der Waals surface area contributed by atoms with Gasteiger partial charge in [-0.05, 0) is 49.8 Å². The zero-order valence-corrected chi connectivity index (χ0v) is 13.3. The highest BCUT2D eigenvalue weighted by molar-refractivity contribution is 7.89. The first-order valence-corrected chi connectivity index (χ1v) is 8.36. The fraction of sp³-hybridized carbons (Fsp3) is 0.571. The number of nitrogens with one attached hydrogen (secondary N) is 1. The average Bonchev–Trinajstić information content (AvgIpc) is 2.41. The van der Waals surface area contributed by atoms with Gasteiger partial charge in [0, 0.05) is 12.1 Å². The molecule has 0 bridgehead atoms. The van der Waals surface area contributed by atoms with Crippen molar-refractivity contribution in [2.75, 3.05) is 0 Å². The Morgan fingerprint density at radius 3 is 2.20 bits per heavy atom. The fourth-order valence-electron chi connectivity index (χ4n) is 2.43. The average molecular weight is 319 g/mol. The maximum absolute atomic E-state index is 12.2. The standard InChI is InChI=1S/C14H22N2O2S.ClH/c1-2-11-3-9-14(10-4-11)19(17,18)16-13-7-5-12(15)6-8-13;/h3-4,9-10,12-13,16H,2,5-8,15H2,1H3;1H. The Hall–Kier alpha value is -0.620. The van der Waals surface area contributed by atoms with Gasteiger partial charge in [0.2, 0.25) is 10.0 Å². The molecular weight excluding hydrogens is 296 g/mol. The third-order valence-corrected chi connectivity index (χ3v) is 5.27. The molecule has 6 heteroatoms. The molecule has 1 aromatic rings. The molecule has 20 heavy (non-hydrogen) atoms. The molecule has 1 aromatic carbocycles. The van der Waals surface area contributed by atoms with Gasteiger partial charge in [-0.1, -0.05) is 19.1 Å². The molecule has 1 saturated carbocycles. The van der Waals surface area contributed by atoms with Crippen molar-refractivity contribution in [1.82, 2.24) is 4.72 Å². The molecule has 4 nitrogen and oxygen atoms in total. The minimum absolute atomic E-state index is 0. The zero-order chi connectivity index (χ0) is 13.9. The van der Waals surface area contributed by atoms with Crippen molar-refractivity contribution in [2.45, 2.75) is 56.0 Å². The predicted molar refractivity (Wildman–Crippen MR) is 83.6 cm³/mol. The van der Waals surface area contributed by atoms with Crippen molar-refractivity contribution in [3.8, 4) is 0 Å². The molecule has 1 fully saturated rings. The van der Waals surface area contributed by atoms with Crippen LogP contribution < -0.4 is 10.5 Å². The van der Waals surface area contributed by atoms with Crippen LogP contribution in [0.4, 0.5) is 0 Å². The Balaban J connectivity index is 0.00000200. The molecule has 0 amide bonds. The smallest absolute Gasteiger partial charge is 0.240 e. The fourth-order valence-corrected chi connectivity index (χ4v) is 3.73. The lowest BCUT2D eigenvalue weighted by Gasteiger charge is -2.26. The Kier molecular flexibility index (Phi) is 6.45. The van der Waals surface area contributed by atoms with Gasteiger partial charge in [0.25, 0.3) is 0 Å². The van der Waals surface area contributed by atoms with E-state index in [1.807, 2.05) is 19.1 Å². The molecule has 0 aliphatic heterocycles. The van der Waals surface area contributed by atoms with E-state index in [1.165, 1.54) is 0 Å². The van der Waals surface area contributed by atoms with Gasteiger partial charge < -0.3 is 5.73 Å². The summed E-state index contributed by atoms with van der Waals surface area (Å²) < 4.78 is 27.3. The molecule has 0 heterocycles. The molecule has 0 saturated heterocycles. The van der Waals surface area contributed by atoms with Gasteiger partial charge in [-0.3, -0.25) is 0 Å². The molecule has 0 atom stereocenters. The van der Waals surface area contributed by atoms with Crippen LogP contribution in [-0.2, 0) is 16.4 Å². The van der Waals surface area contributed by atoms with Crippen molar-refractivity contribution in [3.05, 3.63) is 29.8 Å². The monoisotopic (exact) mass is 318 g/mol. The molecule has 3 N–H and O–H groups in total. The molecule has 0 spiro atoms. The first-order chi connectivity index (χ1) is 9.01. The lowest BCUT2D eigenvalue weighted by atomic mass is 9.93. The highest BCUT2D eigenvalue weighted by Gasteiger charge is 2.24. The third kappa shape index (κ3) is 4.45. The van der Waals surface area contributed by atoms with E-state index in [0.29, 0.717) is 4.90 Å². The van der Waals surface area contributed by atoms with Crippen LogP contribution in [0.5, 0.6) is 0 Å². The minimum Gasteiger partial charge on any atom is -0.328 e. The molecule has 0 aromatic heterocycles. The maximum atomic E-state index is 12.2. The van der Waals surface area contributed by atoms with E-state index in [2.05, 4.69) is 4.72 Å². The first kappa shape index (κ1) is 17.4. The van der Waals surface area contributed by atoms with Gasteiger partial charge in [-0.2, -0.15) is 0 Å². The highest BCUT2D eigenvalue weighted by Crippen LogP contribution is 2.19. The van der Waals surface area contributed by atoms with Crippen molar-refractivity contribution in [3.63, 3.8) is 0 Å². The summed E-state index contributed by atoms with van der Waals surface area (Å²) >= 11 is 0. The molecule has 114 valence electrons. The van der Waals surface area contributed by atoms with Gasteiger partial charge in [0.05, 0.1) is 4.90 Å². The second-order valence-corrected chi connectivity index (χ2v) is 6.94. The van der Waals surface area contributed by atoms with Crippen LogP contribution in [0.15, 0.2) is 29.2 Å². The first-order valence-electron chi connectivity index (χ1n) is 6.88. The molecule has 1 aliphatic carbocycles. The van der Waals surface area contributed by atoms with E-state index in [9.17, 15) is 8.42 Å². The maximum Gasteiger partial charge on any atom is 0.240 e. The van der Waals surface area contributed by atoms with E-state index < -0.39 is 10.0 Å². The second kappa shape index (κ2) is 7.41. The Bertz CT molecular complexity index is 508. The number of sulfonamides is 1. The summed E-state index contributed by atoms with van der Waals surface area (Å²) in [5, 5.41) is 0. The van der Waals surface area contributed by atoms with Gasteiger partial charge >= 0.3 is 0 Å². The van der Waals surface area contributed by atoms with E-state index in [4.69, 9.17) is 5.73 Å². The van der Waals surface area contributed by atoms with Crippen LogP contribution in [0.25, 0.3) is 0 Å². The lowest BCUT2D eigenvalue weighted by Crippen LogP contribution is -2.40. The molecule has 2 rings (SSSR count). The normalized spacial score (nSPS) is 23.1. The van der Waals surface area contributed by atoms with Crippen LogP contribution in [0.2, 0.25) is 0 Å². The van der Waals surface area contributed by atoms with E-state index in [0.717, 1.165) is 37.7 Å². The van der Waals surface area contributed by atoms with Gasteiger partial charge in [0.1, 0.15) is 0 Å². The summed E-state index contributed by atoms with van der Waals surface area (Å²) in [6, 6.07) is 7.34. The molecule has 1 aliphatic rings. The van der Waals surface area contributed by atoms with Crippen LogP contribution in [0.3, 0.4) is 0 Å². The van der Waals surface area contributed by atoms with E-state index in [1.54, 1.807) is 12.1 Å². The Labute approximate surface area is 127 Å². The van der Waals surface area contributed by atoms with Crippen molar-refractivity contribution >= 4 is 22.4 Å². The summed E-state index contributed by atoms with van der Waals surface area (Å²) in [5.74, 6) is 0. The summed E-state index contributed by atoms with van der Waals surface area (Å²) in [5.41, 5.74) is 6.97. The summed E-state index contributed by atoms with van der Waals surface area (Å²) in [7, 11) is -3.39. The van der Waals surface area contributed by atoms with Crippen LogP contribution in [0, 0.1) is 0 Å². The third-order valence-electron chi connectivity index (χ3n) is 3.74. The van der Waals surface area contributed by atoms with Gasteiger partial charge in [-0.25, -0.2) is 13.1 Å². The largest absolute Gasteiger partial charge is 0.328 e. The summed E-state index contributed by atoms with van der Waals surface area (Å²) in [4.78, 5) is 0.347. The van der Waals surface area contributed by atoms with Crippen molar-refractivity contribution in [1.29, 1.82) is 0 Å². The molecular formula is C14H23ClN2O2S. The predicted octanol–water partition coefficient (Wildman–Crippen LogP) is 2.22. The van der Waals surface area contributed by atoms with Crippen LogP contribution in [-0.4, -0.2) is 20.5 Å². The Morgan fingerprint density at radius 2 is 1.70 bits per heavy atom. The minimum atomic E-state index is -3.39. The summed E-state index contributed by atoms with van der Waals surface area (Å²) in [6.45, 7) is 2.05. The summed E-state index contributed by atoms with van der Waals surface area (Å²) in [6.07, 6.45) is 4.35. The van der Waals surface area contributed by atoms with Crippen LogP contribution in [0.1, 0.15) is 38.2 Å². The lowest BCUT2D eigenvalue weighted by molar-refractivity contribution is 0.373. The number of rotatable bonds is 4. The highest BCUT2D eigenvalue weighted by atomic mass is 35.5. The number of nitrogens with two attached hydrogens (primary N) is 1. The topological polar surface area (TPSA) is 72.2 Å². The van der Waals surface area contributed by atoms with Gasteiger partial charge in [0.15, 0.2) is 0 Å². The van der Waals surface area contributed by atoms with Gasteiger partial charge in [-0.15, -0.1) is 12.4 Å². The number of hydrogen-bond acceptors (Lipinski definition) is 3. The number of hydrogen-bond donors (Lipinski definition) is 2. The second-order valence-electron chi connectivity index (χ2n) is 5.23. The zero-order valence-electron chi connectivity index (χ0n) is 11.7. The SMILES string of the molecule is CCc1ccc(S(=O)(=O)NC2CCC(N)CC2)cc1.Cl. The number of halogens is 1. The van der Waals surface area contributed by atoms with E-state index in [-0.39, 0.29) is 24.5 Å². The molecule has 0 unspecified atom stereocenters. The molecule has 0 radical (unpaired) electrons. The number of benzene rings is 1. The van der Waals surface area contributed by atoms with Crippen molar-refractivity contribution in [2.24, 2.45) is 5.73 Å². The van der Waals surface area contributed by atoms with Crippen molar-refractivity contribution < 1.29 is 8.42 Å². The number of aryl methyl sites for hydroxylation is 1. The Morgan fingerprint density at radius 1 is 1.15 bits per heavy atom. The van der Waals surface area contributed by atoms with E-state index >= 15 is 0 Å². The quantitative estimate of drug-likeness (QED) is 0.894.